The van der Waals surface area contributed by atoms with Crippen molar-refractivity contribution in [3.63, 3.8) is 0 Å². The molecule has 0 aliphatic rings. The number of rotatable bonds is 4. The van der Waals surface area contributed by atoms with Gasteiger partial charge in [-0.25, -0.2) is 0 Å². The van der Waals surface area contributed by atoms with Crippen LogP contribution in [0.25, 0.3) is 0 Å². The van der Waals surface area contributed by atoms with Crippen LogP contribution in [0.5, 0.6) is 0 Å². The second-order valence-corrected chi connectivity index (χ2v) is 4.13. The molecule has 0 unspecified atom stereocenters. The fourth-order valence-electron chi connectivity index (χ4n) is 1.11. The Hall–Kier alpha value is -0.130. The molecule has 0 heterocycles. The molecular formula is C10H13IO2. The number of aryl methyl sites for hydroxylation is 1. The molecule has 0 aliphatic carbocycles. The van der Waals surface area contributed by atoms with Crippen molar-refractivity contribution in [3.8, 4) is 0 Å². The number of hydrogen-bond donors (Lipinski definition) is 2. The summed E-state index contributed by atoms with van der Waals surface area (Å²) in [6, 6.07) is 8.07. The lowest BCUT2D eigenvalue weighted by atomic mass is 10.1. The van der Waals surface area contributed by atoms with E-state index >= 15 is 0 Å². The third-order valence-corrected chi connectivity index (χ3v) is 2.97. The summed E-state index contributed by atoms with van der Waals surface area (Å²) in [5, 5.41) is 17.8. The first-order valence-electron chi connectivity index (χ1n) is 4.26. The van der Waals surface area contributed by atoms with Crippen LogP contribution in [-0.2, 0) is 6.42 Å². The van der Waals surface area contributed by atoms with E-state index in [0.29, 0.717) is 6.42 Å². The van der Waals surface area contributed by atoms with E-state index in [9.17, 15) is 0 Å². The second-order valence-electron chi connectivity index (χ2n) is 2.97. The molecule has 2 N–H and O–H groups in total. The summed E-state index contributed by atoms with van der Waals surface area (Å²) in [5.74, 6) is 0. The van der Waals surface area contributed by atoms with Gasteiger partial charge < -0.3 is 10.2 Å². The van der Waals surface area contributed by atoms with Gasteiger partial charge in [-0.3, -0.25) is 0 Å². The Morgan fingerprint density at radius 2 is 2.00 bits per heavy atom. The van der Waals surface area contributed by atoms with Crippen molar-refractivity contribution in [1.29, 1.82) is 0 Å². The summed E-state index contributed by atoms with van der Waals surface area (Å²) >= 11 is 2.28. The standard InChI is InChI=1S/C10H13IO2/c11-10-4-2-1-3-8(10)5-6-9(13)7-12/h1-4,9,12-13H,5-7H2/t9-/m0/s1. The zero-order chi connectivity index (χ0) is 9.68. The van der Waals surface area contributed by atoms with E-state index < -0.39 is 6.10 Å². The molecule has 0 amide bonds. The largest absolute Gasteiger partial charge is 0.394 e. The van der Waals surface area contributed by atoms with Gasteiger partial charge in [0.05, 0.1) is 12.7 Å². The molecule has 0 fully saturated rings. The molecule has 0 aromatic heterocycles. The monoisotopic (exact) mass is 292 g/mol. The van der Waals surface area contributed by atoms with Crippen LogP contribution in [0, 0.1) is 3.57 Å². The Morgan fingerprint density at radius 1 is 1.31 bits per heavy atom. The lowest BCUT2D eigenvalue weighted by molar-refractivity contribution is 0.0885. The first-order valence-corrected chi connectivity index (χ1v) is 5.34. The summed E-state index contributed by atoms with van der Waals surface area (Å²) in [6.07, 6.45) is 0.855. The molecule has 3 heteroatoms. The fourth-order valence-corrected chi connectivity index (χ4v) is 1.77. The molecule has 0 saturated carbocycles. The molecule has 0 saturated heterocycles. The van der Waals surface area contributed by atoms with E-state index in [-0.39, 0.29) is 6.61 Å². The summed E-state index contributed by atoms with van der Waals surface area (Å²) < 4.78 is 1.21. The lowest BCUT2D eigenvalue weighted by Gasteiger charge is -2.07. The average molecular weight is 292 g/mol. The Kier molecular flexibility index (Phi) is 4.69. The molecule has 2 nitrogen and oxygen atoms in total. The van der Waals surface area contributed by atoms with Crippen LogP contribution >= 0.6 is 22.6 Å². The highest BCUT2D eigenvalue weighted by Gasteiger charge is 2.03. The van der Waals surface area contributed by atoms with Crippen molar-refractivity contribution in [2.45, 2.75) is 18.9 Å². The van der Waals surface area contributed by atoms with Gasteiger partial charge in [-0.1, -0.05) is 18.2 Å². The number of aliphatic hydroxyl groups is 2. The Bertz CT molecular complexity index is 263. The number of hydrogen-bond acceptors (Lipinski definition) is 2. The Morgan fingerprint density at radius 3 is 2.62 bits per heavy atom. The highest BCUT2D eigenvalue weighted by atomic mass is 127. The molecule has 0 aliphatic heterocycles. The molecule has 72 valence electrons. The minimum atomic E-state index is -0.587. The van der Waals surface area contributed by atoms with Crippen molar-refractivity contribution in [1.82, 2.24) is 0 Å². The van der Waals surface area contributed by atoms with E-state index in [1.807, 2.05) is 24.3 Å². The van der Waals surface area contributed by atoms with E-state index in [1.54, 1.807) is 0 Å². The van der Waals surface area contributed by atoms with Crippen molar-refractivity contribution >= 4 is 22.6 Å². The minimum Gasteiger partial charge on any atom is -0.394 e. The first-order chi connectivity index (χ1) is 6.24. The van der Waals surface area contributed by atoms with E-state index in [1.165, 1.54) is 9.13 Å². The van der Waals surface area contributed by atoms with Crippen LogP contribution in [0.15, 0.2) is 24.3 Å². The molecule has 1 atom stereocenters. The van der Waals surface area contributed by atoms with Gasteiger partial charge in [0.25, 0.3) is 0 Å². The predicted octanol–water partition coefficient (Wildman–Crippen LogP) is 1.58. The zero-order valence-electron chi connectivity index (χ0n) is 7.28. The van der Waals surface area contributed by atoms with Gasteiger partial charge in [0.1, 0.15) is 0 Å². The molecule has 0 bridgehead atoms. The number of aliphatic hydroxyl groups excluding tert-OH is 2. The molecule has 1 aromatic carbocycles. The summed E-state index contributed by atoms with van der Waals surface area (Å²) in [4.78, 5) is 0. The lowest BCUT2D eigenvalue weighted by Crippen LogP contribution is -2.12. The van der Waals surface area contributed by atoms with Crippen molar-refractivity contribution < 1.29 is 10.2 Å². The maximum atomic E-state index is 9.16. The number of benzene rings is 1. The SMILES string of the molecule is OC[C@@H](O)CCc1ccccc1I. The van der Waals surface area contributed by atoms with Crippen molar-refractivity contribution in [2.75, 3.05) is 6.61 Å². The van der Waals surface area contributed by atoms with Gasteiger partial charge in [0, 0.05) is 3.57 Å². The molecule has 1 rings (SSSR count). The quantitative estimate of drug-likeness (QED) is 0.827. The third-order valence-electron chi connectivity index (χ3n) is 1.92. The maximum absolute atomic E-state index is 9.16. The van der Waals surface area contributed by atoms with Gasteiger partial charge in [-0.05, 0) is 47.1 Å². The molecule has 13 heavy (non-hydrogen) atoms. The minimum absolute atomic E-state index is 0.149. The fraction of sp³-hybridized carbons (Fsp3) is 0.400. The summed E-state index contributed by atoms with van der Waals surface area (Å²) in [5.41, 5.74) is 1.23. The molecule has 1 aromatic rings. The van der Waals surface area contributed by atoms with Crippen LogP contribution in [0.3, 0.4) is 0 Å². The Labute approximate surface area is 91.7 Å². The van der Waals surface area contributed by atoms with E-state index in [2.05, 4.69) is 22.6 Å². The van der Waals surface area contributed by atoms with Gasteiger partial charge in [-0.2, -0.15) is 0 Å². The highest BCUT2D eigenvalue weighted by Crippen LogP contribution is 2.13. The van der Waals surface area contributed by atoms with Gasteiger partial charge in [0.15, 0.2) is 0 Å². The van der Waals surface area contributed by atoms with Crippen molar-refractivity contribution in [3.05, 3.63) is 33.4 Å². The van der Waals surface area contributed by atoms with Crippen LogP contribution < -0.4 is 0 Å². The van der Waals surface area contributed by atoms with Crippen LogP contribution in [0.2, 0.25) is 0 Å². The maximum Gasteiger partial charge on any atom is 0.0774 e. The predicted molar refractivity (Wildman–Crippen MR) is 60.6 cm³/mol. The van der Waals surface area contributed by atoms with E-state index in [0.717, 1.165) is 6.42 Å². The zero-order valence-corrected chi connectivity index (χ0v) is 9.44. The first kappa shape index (κ1) is 10.9. The average Bonchev–Trinajstić information content (AvgIpc) is 2.16. The number of halogens is 1. The summed E-state index contributed by atoms with van der Waals surface area (Å²) in [7, 11) is 0. The van der Waals surface area contributed by atoms with Gasteiger partial charge in [0.2, 0.25) is 0 Å². The molecular weight excluding hydrogens is 279 g/mol. The summed E-state index contributed by atoms with van der Waals surface area (Å²) in [6.45, 7) is -0.149. The highest BCUT2D eigenvalue weighted by molar-refractivity contribution is 14.1. The topological polar surface area (TPSA) is 40.5 Å². The smallest absolute Gasteiger partial charge is 0.0774 e. The molecule has 0 spiro atoms. The Balaban J connectivity index is 2.50. The van der Waals surface area contributed by atoms with Crippen LogP contribution in [-0.4, -0.2) is 22.9 Å². The second kappa shape index (κ2) is 5.57. The molecule has 0 radical (unpaired) electrons. The van der Waals surface area contributed by atoms with Crippen LogP contribution in [0.4, 0.5) is 0 Å². The van der Waals surface area contributed by atoms with Gasteiger partial charge in [-0.15, -0.1) is 0 Å². The van der Waals surface area contributed by atoms with Crippen LogP contribution in [0.1, 0.15) is 12.0 Å². The normalized spacial score (nSPS) is 12.8. The third kappa shape index (κ3) is 3.62. The van der Waals surface area contributed by atoms with Crippen molar-refractivity contribution in [2.24, 2.45) is 0 Å². The van der Waals surface area contributed by atoms with Gasteiger partial charge >= 0.3 is 0 Å². The van der Waals surface area contributed by atoms with E-state index in [4.69, 9.17) is 10.2 Å².